The van der Waals surface area contributed by atoms with E-state index in [4.69, 9.17) is 0 Å². The van der Waals surface area contributed by atoms with E-state index in [1.807, 2.05) is 32.0 Å². The van der Waals surface area contributed by atoms with Crippen LogP contribution in [0.25, 0.3) is 0 Å². The predicted molar refractivity (Wildman–Crippen MR) is 102 cm³/mol. The number of urea groups is 1. The van der Waals surface area contributed by atoms with Crippen LogP contribution in [0.15, 0.2) is 18.2 Å². The van der Waals surface area contributed by atoms with Crippen molar-refractivity contribution < 1.29 is 14.4 Å². The highest BCUT2D eigenvalue weighted by Gasteiger charge is 2.47. The molecule has 26 heavy (non-hydrogen) atoms. The number of benzene rings is 1. The summed E-state index contributed by atoms with van der Waals surface area (Å²) in [5.74, 6) is -0.703. The van der Waals surface area contributed by atoms with Crippen LogP contribution in [-0.2, 0) is 9.59 Å². The highest BCUT2D eigenvalue weighted by Crippen LogP contribution is 2.24. The molecule has 1 fully saturated rings. The smallest absolute Gasteiger partial charge is 0.324 e. The Morgan fingerprint density at radius 2 is 1.92 bits per heavy atom. The Morgan fingerprint density at radius 3 is 2.58 bits per heavy atom. The van der Waals surface area contributed by atoms with Gasteiger partial charge >= 0.3 is 6.03 Å². The molecule has 1 aromatic carbocycles. The lowest BCUT2D eigenvalue weighted by Gasteiger charge is -2.21. The van der Waals surface area contributed by atoms with E-state index in [0.29, 0.717) is 12.1 Å². The summed E-state index contributed by atoms with van der Waals surface area (Å²) in [6.45, 7) is 7.47. The normalized spacial score (nSPS) is 19.6. The summed E-state index contributed by atoms with van der Waals surface area (Å²) in [7, 11) is 0. The summed E-state index contributed by atoms with van der Waals surface area (Å²) in [6.07, 6.45) is 4.72. The molecule has 0 radical (unpaired) electrons. The molecule has 4 amide bonds. The van der Waals surface area contributed by atoms with Crippen molar-refractivity contribution in [3.8, 4) is 0 Å². The van der Waals surface area contributed by atoms with Crippen molar-refractivity contribution in [1.29, 1.82) is 0 Å². The molecular weight excluding hydrogens is 330 g/mol. The fourth-order valence-corrected chi connectivity index (χ4v) is 3.25. The van der Waals surface area contributed by atoms with Crippen LogP contribution in [0.2, 0.25) is 0 Å². The van der Waals surface area contributed by atoms with Crippen molar-refractivity contribution in [2.75, 3.05) is 11.9 Å². The minimum atomic E-state index is -0.912. The summed E-state index contributed by atoms with van der Waals surface area (Å²) in [6, 6.07) is 5.20. The number of imide groups is 1. The molecule has 142 valence electrons. The SMILES string of the molecule is CCCCCCC1(C)NC(=O)N(CC(=O)Nc2ccc(C)cc2C)C1=O. The Balaban J connectivity index is 1.97. The van der Waals surface area contributed by atoms with E-state index in [0.717, 1.165) is 41.7 Å². The molecule has 0 aromatic heterocycles. The van der Waals surface area contributed by atoms with Crippen molar-refractivity contribution in [3.63, 3.8) is 0 Å². The van der Waals surface area contributed by atoms with Gasteiger partial charge in [0.15, 0.2) is 0 Å². The number of anilines is 1. The molecule has 0 bridgehead atoms. The number of carbonyl (C=O) groups excluding carboxylic acids is 3. The molecule has 1 unspecified atom stereocenters. The molecule has 6 heteroatoms. The number of carbonyl (C=O) groups is 3. The molecule has 6 nitrogen and oxygen atoms in total. The van der Waals surface area contributed by atoms with Crippen molar-refractivity contribution >= 4 is 23.5 Å². The highest BCUT2D eigenvalue weighted by atomic mass is 16.2. The number of hydrogen-bond acceptors (Lipinski definition) is 3. The van der Waals surface area contributed by atoms with Gasteiger partial charge < -0.3 is 10.6 Å². The molecule has 1 heterocycles. The van der Waals surface area contributed by atoms with Gasteiger partial charge in [0.25, 0.3) is 5.91 Å². The zero-order valence-corrected chi connectivity index (χ0v) is 16.1. The van der Waals surface area contributed by atoms with Crippen molar-refractivity contribution in [1.82, 2.24) is 10.2 Å². The van der Waals surface area contributed by atoms with E-state index in [1.165, 1.54) is 0 Å². The molecule has 0 saturated carbocycles. The van der Waals surface area contributed by atoms with Crippen LogP contribution in [0.3, 0.4) is 0 Å². The van der Waals surface area contributed by atoms with E-state index in [9.17, 15) is 14.4 Å². The van der Waals surface area contributed by atoms with E-state index >= 15 is 0 Å². The maximum absolute atomic E-state index is 12.7. The number of nitrogens with one attached hydrogen (secondary N) is 2. The second kappa shape index (κ2) is 8.34. The van der Waals surface area contributed by atoms with Crippen LogP contribution in [0.1, 0.15) is 57.1 Å². The van der Waals surface area contributed by atoms with Gasteiger partial charge in [-0.2, -0.15) is 0 Å². The summed E-state index contributed by atoms with van der Waals surface area (Å²) < 4.78 is 0. The topological polar surface area (TPSA) is 78.5 Å². The van der Waals surface area contributed by atoms with Gasteiger partial charge in [0, 0.05) is 5.69 Å². The minimum absolute atomic E-state index is 0.275. The van der Waals surface area contributed by atoms with Gasteiger partial charge in [-0.05, 0) is 38.8 Å². The number of aryl methyl sites for hydroxylation is 2. The van der Waals surface area contributed by atoms with Gasteiger partial charge in [-0.15, -0.1) is 0 Å². The first-order valence-electron chi connectivity index (χ1n) is 9.28. The molecule has 1 saturated heterocycles. The third-order valence-corrected chi connectivity index (χ3v) is 4.83. The molecular formula is C20H29N3O3. The molecule has 1 aliphatic heterocycles. The minimum Gasteiger partial charge on any atom is -0.324 e. The number of rotatable bonds is 8. The van der Waals surface area contributed by atoms with E-state index in [-0.39, 0.29) is 18.4 Å². The lowest BCUT2D eigenvalue weighted by Crippen LogP contribution is -2.44. The second-order valence-corrected chi connectivity index (χ2v) is 7.33. The first kappa shape index (κ1) is 19.9. The fourth-order valence-electron chi connectivity index (χ4n) is 3.25. The standard InChI is InChI=1S/C20H29N3O3/c1-5-6-7-8-11-20(4)18(25)23(19(26)22-20)13-17(24)21-16-10-9-14(2)12-15(16)3/h9-10,12H,5-8,11,13H2,1-4H3,(H,21,24)(H,22,26). The van der Waals surface area contributed by atoms with Crippen LogP contribution in [0.4, 0.5) is 10.5 Å². The Morgan fingerprint density at radius 1 is 1.19 bits per heavy atom. The van der Waals surface area contributed by atoms with E-state index < -0.39 is 11.6 Å². The highest BCUT2D eigenvalue weighted by molar-refractivity contribution is 6.09. The monoisotopic (exact) mass is 359 g/mol. The molecule has 1 aliphatic rings. The molecule has 2 N–H and O–H groups in total. The Bertz CT molecular complexity index is 702. The van der Waals surface area contributed by atoms with E-state index in [1.54, 1.807) is 6.92 Å². The Kier molecular flexibility index (Phi) is 6.40. The van der Waals surface area contributed by atoms with Crippen molar-refractivity contribution in [3.05, 3.63) is 29.3 Å². The molecule has 2 rings (SSSR count). The zero-order chi connectivity index (χ0) is 19.3. The van der Waals surface area contributed by atoms with Gasteiger partial charge in [-0.1, -0.05) is 50.3 Å². The van der Waals surface area contributed by atoms with Crippen molar-refractivity contribution in [2.24, 2.45) is 0 Å². The zero-order valence-electron chi connectivity index (χ0n) is 16.1. The first-order valence-corrected chi connectivity index (χ1v) is 9.28. The number of nitrogens with zero attached hydrogens (tertiary/aromatic N) is 1. The average molecular weight is 359 g/mol. The summed E-state index contributed by atoms with van der Waals surface area (Å²) in [4.78, 5) is 38.2. The molecule has 1 atom stereocenters. The number of unbranched alkanes of at least 4 members (excludes halogenated alkanes) is 3. The van der Waals surface area contributed by atoms with E-state index in [2.05, 4.69) is 17.6 Å². The van der Waals surface area contributed by atoms with Gasteiger partial charge in [0.2, 0.25) is 5.91 Å². The number of amides is 4. The van der Waals surface area contributed by atoms with Gasteiger partial charge in [-0.3, -0.25) is 14.5 Å². The Hall–Kier alpha value is -2.37. The van der Waals surface area contributed by atoms with Gasteiger partial charge in [0.05, 0.1) is 0 Å². The van der Waals surface area contributed by atoms with Crippen LogP contribution in [-0.4, -0.2) is 34.8 Å². The largest absolute Gasteiger partial charge is 0.325 e. The molecule has 1 aromatic rings. The maximum atomic E-state index is 12.7. The summed E-state index contributed by atoms with van der Waals surface area (Å²) in [5.41, 5.74) is 1.82. The Labute approximate surface area is 155 Å². The average Bonchev–Trinajstić information content (AvgIpc) is 2.78. The number of hydrogen-bond donors (Lipinski definition) is 2. The van der Waals surface area contributed by atoms with Crippen LogP contribution >= 0.6 is 0 Å². The second-order valence-electron chi connectivity index (χ2n) is 7.33. The predicted octanol–water partition coefficient (Wildman–Crippen LogP) is 3.52. The summed E-state index contributed by atoms with van der Waals surface area (Å²) in [5, 5.41) is 5.53. The third-order valence-electron chi connectivity index (χ3n) is 4.83. The third kappa shape index (κ3) is 4.62. The van der Waals surface area contributed by atoms with Crippen molar-refractivity contribution in [2.45, 2.75) is 65.3 Å². The molecule has 0 aliphatic carbocycles. The lowest BCUT2D eigenvalue weighted by atomic mass is 9.94. The van der Waals surface area contributed by atoms with Crippen LogP contribution in [0.5, 0.6) is 0 Å². The van der Waals surface area contributed by atoms with Gasteiger partial charge in [-0.25, -0.2) is 4.79 Å². The van der Waals surface area contributed by atoms with Crippen LogP contribution < -0.4 is 10.6 Å². The fraction of sp³-hybridized carbons (Fsp3) is 0.550. The van der Waals surface area contributed by atoms with Gasteiger partial charge in [0.1, 0.15) is 12.1 Å². The maximum Gasteiger partial charge on any atom is 0.325 e. The summed E-state index contributed by atoms with van der Waals surface area (Å²) >= 11 is 0. The quantitative estimate of drug-likeness (QED) is 0.550. The van der Waals surface area contributed by atoms with Crippen LogP contribution in [0, 0.1) is 13.8 Å². The lowest BCUT2D eigenvalue weighted by molar-refractivity contribution is -0.133. The molecule has 0 spiro atoms. The first-order chi connectivity index (χ1) is 12.3.